The Morgan fingerprint density at radius 1 is 1.48 bits per heavy atom. The highest BCUT2D eigenvalue weighted by Crippen LogP contribution is 2.33. The molecule has 7 heteroatoms. The largest absolute Gasteiger partial charge is 0.393 e. The summed E-state index contributed by atoms with van der Waals surface area (Å²) in [5, 5.41) is 0. The zero-order valence-corrected chi connectivity index (χ0v) is 12.1. The molecule has 0 bridgehead atoms. The maximum atomic E-state index is 12.8. The van der Waals surface area contributed by atoms with E-state index in [9.17, 15) is 18.0 Å². The molecule has 21 heavy (non-hydrogen) atoms. The van der Waals surface area contributed by atoms with Crippen LogP contribution in [0.4, 0.5) is 13.2 Å². The second-order valence-electron chi connectivity index (χ2n) is 4.80. The van der Waals surface area contributed by atoms with E-state index in [-0.39, 0.29) is 25.4 Å². The average molecular weight is 316 g/mol. The van der Waals surface area contributed by atoms with Crippen LogP contribution in [0.1, 0.15) is 27.4 Å². The van der Waals surface area contributed by atoms with Gasteiger partial charge in [0.15, 0.2) is 0 Å². The maximum absolute atomic E-state index is 12.8. The van der Waals surface area contributed by atoms with Crippen LogP contribution in [0.25, 0.3) is 0 Å². The number of nitrogens with two attached hydrogens (primary N) is 1. The van der Waals surface area contributed by atoms with E-state index in [1.807, 2.05) is 0 Å². The van der Waals surface area contributed by atoms with Gasteiger partial charge in [-0.05, 0) is 25.0 Å². The minimum atomic E-state index is -4.24. The second kappa shape index (κ2) is 6.50. The standard InChI is InChI=1S/C14H15F3N2OS/c15-14(16,17)10-3-2-8-19(9-10)13(20)12-6-5-11(21-12)4-1-7-18/h5-6,10H,2-3,7-9,18H2. The van der Waals surface area contributed by atoms with Crippen molar-refractivity contribution in [1.29, 1.82) is 0 Å². The number of alkyl halides is 3. The summed E-state index contributed by atoms with van der Waals surface area (Å²) in [4.78, 5) is 14.6. The molecular weight excluding hydrogens is 301 g/mol. The van der Waals surface area contributed by atoms with Crippen LogP contribution >= 0.6 is 11.3 Å². The van der Waals surface area contributed by atoms with Crippen LogP contribution in [0.5, 0.6) is 0 Å². The average Bonchev–Trinajstić information content (AvgIpc) is 2.92. The Balaban J connectivity index is 2.07. The molecule has 0 radical (unpaired) electrons. The van der Waals surface area contributed by atoms with Gasteiger partial charge in [0.25, 0.3) is 5.91 Å². The molecule has 3 nitrogen and oxygen atoms in total. The second-order valence-corrected chi connectivity index (χ2v) is 5.89. The lowest BCUT2D eigenvalue weighted by molar-refractivity contribution is -0.184. The van der Waals surface area contributed by atoms with Gasteiger partial charge in [-0.2, -0.15) is 13.2 Å². The van der Waals surface area contributed by atoms with Crippen LogP contribution in [0.2, 0.25) is 0 Å². The molecule has 2 heterocycles. The molecule has 1 aliphatic heterocycles. The summed E-state index contributed by atoms with van der Waals surface area (Å²) in [6, 6.07) is 3.29. The molecule has 1 amide bonds. The van der Waals surface area contributed by atoms with E-state index in [1.165, 1.54) is 16.2 Å². The summed E-state index contributed by atoms with van der Waals surface area (Å²) < 4.78 is 38.3. The number of nitrogens with zero attached hydrogens (tertiary/aromatic N) is 1. The molecule has 1 aromatic heterocycles. The van der Waals surface area contributed by atoms with Crippen LogP contribution in [0.3, 0.4) is 0 Å². The monoisotopic (exact) mass is 316 g/mol. The maximum Gasteiger partial charge on any atom is 0.393 e. The van der Waals surface area contributed by atoms with Gasteiger partial charge < -0.3 is 10.6 Å². The quantitative estimate of drug-likeness (QED) is 0.809. The summed E-state index contributed by atoms with van der Waals surface area (Å²) in [6.07, 6.45) is -3.78. The summed E-state index contributed by atoms with van der Waals surface area (Å²) in [7, 11) is 0. The zero-order chi connectivity index (χ0) is 15.5. The lowest BCUT2D eigenvalue weighted by atomic mass is 9.97. The fourth-order valence-electron chi connectivity index (χ4n) is 2.24. The Morgan fingerprint density at radius 3 is 2.90 bits per heavy atom. The van der Waals surface area contributed by atoms with Crippen molar-refractivity contribution in [3.05, 3.63) is 21.9 Å². The molecule has 0 aromatic carbocycles. The van der Waals surface area contributed by atoms with Crippen molar-refractivity contribution in [2.45, 2.75) is 19.0 Å². The van der Waals surface area contributed by atoms with Gasteiger partial charge in [-0.3, -0.25) is 4.79 Å². The molecule has 0 saturated carbocycles. The predicted octanol–water partition coefficient (Wildman–Crippen LogP) is 2.47. The van der Waals surface area contributed by atoms with Crippen LogP contribution in [0, 0.1) is 17.8 Å². The van der Waals surface area contributed by atoms with Gasteiger partial charge >= 0.3 is 6.18 Å². The van der Waals surface area contributed by atoms with Gasteiger partial charge in [-0.1, -0.05) is 11.8 Å². The van der Waals surface area contributed by atoms with Crippen molar-refractivity contribution in [3.8, 4) is 11.8 Å². The van der Waals surface area contributed by atoms with Crippen LogP contribution in [-0.2, 0) is 0 Å². The first kappa shape index (κ1) is 15.9. The van der Waals surface area contributed by atoms with Gasteiger partial charge in [0.05, 0.1) is 22.2 Å². The Bertz CT molecular complexity index is 571. The third kappa shape index (κ3) is 3.99. The fraction of sp³-hybridized carbons (Fsp3) is 0.500. The number of piperidine rings is 1. The third-order valence-corrected chi connectivity index (χ3v) is 4.29. The molecule has 2 N–H and O–H groups in total. The Hall–Kier alpha value is -1.52. The number of hydrogen-bond acceptors (Lipinski definition) is 3. The van der Waals surface area contributed by atoms with Crippen molar-refractivity contribution >= 4 is 17.2 Å². The van der Waals surface area contributed by atoms with Crippen molar-refractivity contribution in [3.63, 3.8) is 0 Å². The first-order chi connectivity index (χ1) is 9.91. The predicted molar refractivity (Wildman–Crippen MR) is 74.9 cm³/mol. The van der Waals surface area contributed by atoms with E-state index >= 15 is 0 Å². The SMILES string of the molecule is NCC#Cc1ccc(C(=O)N2CCCC(C(F)(F)F)C2)s1. The normalized spacial score (nSPS) is 19.0. The number of carbonyl (C=O) groups is 1. The highest BCUT2D eigenvalue weighted by Gasteiger charge is 2.42. The van der Waals surface area contributed by atoms with Crippen LogP contribution < -0.4 is 5.73 Å². The first-order valence-electron chi connectivity index (χ1n) is 6.56. The lowest BCUT2D eigenvalue weighted by Gasteiger charge is -2.33. The number of halogens is 3. The summed E-state index contributed by atoms with van der Waals surface area (Å²) >= 11 is 1.18. The van der Waals surface area contributed by atoms with Crippen molar-refractivity contribution in [2.75, 3.05) is 19.6 Å². The molecular formula is C14H15F3N2OS. The van der Waals surface area contributed by atoms with Gasteiger partial charge in [0.2, 0.25) is 0 Å². The van der Waals surface area contributed by atoms with Crippen LogP contribution in [0.15, 0.2) is 12.1 Å². The molecule has 1 fully saturated rings. The zero-order valence-electron chi connectivity index (χ0n) is 11.2. The molecule has 114 valence electrons. The molecule has 2 rings (SSSR count). The van der Waals surface area contributed by atoms with Gasteiger partial charge in [0, 0.05) is 13.1 Å². The topological polar surface area (TPSA) is 46.3 Å². The number of likely N-dealkylation sites (tertiary alicyclic amines) is 1. The van der Waals surface area contributed by atoms with E-state index in [0.717, 1.165) is 0 Å². The summed E-state index contributed by atoms with van der Waals surface area (Å²) in [5.74, 6) is 3.71. The van der Waals surface area contributed by atoms with E-state index in [2.05, 4.69) is 11.8 Å². The van der Waals surface area contributed by atoms with E-state index < -0.39 is 12.1 Å². The van der Waals surface area contributed by atoms with E-state index in [1.54, 1.807) is 12.1 Å². The molecule has 1 saturated heterocycles. The fourth-order valence-corrected chi connectivity index (χ4v) is 3.09. The van der Waals surface area contributed by atoms with Crippen LogP contribution in [-0.4, -0.2) is 36.6 Å². The Kier molecular flexibility index (Phi) is 4.91. The number of hydrogen-bond donors (Lipinski definition) is 1. The minimum Gasteiger partial charge on any atom is -0.337 e. The van der Waals surface area contributed by atoms with Crippen molar-refractivity contribution in [2.24, 2.45) is 11.7 Å². The van der Waals surface area contributed by atoms with E-state index in [0.29, 0.717) is 22.7 Å². The molecule has 1 unspecified atom stereocenters. The molecule has 1 atom stereocenters. The van der Waals surface area contributed by atoms with Gasteiger partial charge in [0.1, 0.15) is 0 Å². The van der Waals surface area contributed by atoms with Gasteiger partial charge in [-0.25, -0.2) is 0 Å². The minimum absolute atomic E-state index is 0.0882. The van der Waals surface area contributed by atoms with Crippen molar-refractivity contribution in [1.82, 2.24) is 4.90 Å². The first-order valence-corrected chi connectivity index (χ1v) is 7.38. The lowest BCUT2D eigenvalue weighted by Crippen LogP contribution is -2.44. The van der Waals surface area contributed by atoms with Crippen molar-refractivity contribution < 1.29 is 18.0 Å². The summed E-state index contributed by atoms with van der Waals surface area (Å²) in [5.41, 5.74) is 5.27. The van der Waals surface area contributed by atoms with Gasteiger partial charge in [-0.15, -0.1) is 11.3 Å². The smallest absolute Gasteiger partial charge is 0.337 e. The highest BCUT2D eigenvalue weighted by atomic mass is 32.1. The Labute approximate surface area is 124 Å². The number of thiophene rings is 1. The number of rotatable bonds is 1. The molecule has 1 aromatic rings. The molecule has 0 spiro atoms. The third-order valence-electron chi connectivity index (χ3n) is 3.30. The number of carbonyl (C=O) groups excluding carboxylic acids is 1. The highest BCUT2D eigenvalue weighted by molar-refractivity contribution is 7.14. The van der Waals surface area contributed by atoms with E-state index in [4.69, 9.17) is 5.73 Å². The number of amides is 1. The molecule has 1 aliphatic rings. The Morgan fingerprint density at radius 2 is 2.24 bits per heavy atom. The molecule has 0 aliphatic carbocycles. The summed E-state index contributed by atoms with van der Waals surface area (Å²) in [6.45, 7) is 0.331.